The topological polar surface area (TPSA) is 42.0 Å². The van der Waals surface area contributed by atoms with Gasteiger partial charge in [-0.05, 0) is 36.1 Å². The number of benzene rings is 2. The average molecular weight is 380 g/mol. The number of hydrogen-bond donors (Lipinski definition) is 0. The number of nitrogens with zero attached hydrogens (tertiary/aromatic N) is 2. The summed E-state index contributed by atoms with van der Waals surface area (Å²) in [6.45, 7) is 5.34. The van der Waals surface area contributed by atoms with E-state index in [1.54, 1.807) is 0 Å². The van der Waals surface area contributed by atoms with E-state index in [1.165, 1.54) is 12.0 Å². The van der Waals surface area contributed by atoms with E-state index in [-0.39, 0.29) is 12.5 Å². The molecule has 2 fully saturated rings. The van der Waals surface area contributed by atoms with Gasteiger partial charge < -0.3 is 14.4 Å². The summed E-state index contributed by atoms with van der Waals surface area (Å²) in [4.78, 5) is 16.8. The molecular weight excluding hydrogens is 352 g/mol. The van der Waals surface area contributed by atoms with Crippen molar-refractivity contribution < 1.29 is 14.3 Å². The molecule has 1 unspecified atom stereocenters. The van der Waals surface area contributed by atoms with Crippen LogP contribution in [0.4, 0.5) is 0 Å². The fourth-order valence-corrected chi connectivity index (χ4v) is 3.87. The van der Waals surface area contributed by atoms with Gasteiger partial charge in [0.05, 0.1) is 6.10 Å². The van der Waals surface area contributed by atoms with Crippen LogP contribution in [0.15, 0.2) is 54.6 Å². The molecule has 2 saturated heterocycles. The van der Waals surface area contributed by atoms with E-state index >= 15 is 0 Å². The standard InChI is InChI=1S/C23H28N2O3/c26-23(25-14-12-24(13-15-25)17-22-7-4-16-27-22)18-28-21-10-8-20(9-11-21)19-5-2-1-3-6-19/h1-3,5-6,8-11,22H,4,7,12-18H2. The zero-order valence-electron chi connectivity index (χ0n) is 16.3. The van der Waals surface area contributed by atoms with Crippen molar-refractivity contribution in [2.75, 3.05) is 45.9 Å². The molecule has 2 aliphatic heterocycles. The Labute approximate surface area is 166 Å². The third kappa shape index (κ3) is 4.91. The molecular formula is C23H28N2O3. The summed E-state index contributed by atoms with van der Waals surface area (Å²) in [5.41, 5.74) is 2.31. The van der Waals surface area contributed by atoms with Crippen molar-refractivity contribution in [3.8, 4) is 16.9 Å². The van der Waals surface area contributed by atoms with Gasteiger partial charge in [-0.3, -0.25) is 9.69 Å². The first-order chi connectivity index (χ1) is 13.8. The molecule has 1 atom stereocenters. The molecule has 148 valence electrons. The molecule has 0 saturated carbocycles. The van der Waals surface area contributed by atoms with Crippen LogP contribution in [0.3, 0.4) is 0 Å². The minimum atomic E-state index is 0.0592. The zero-order valence-corrected chi connectivity index (χ0v) is 16.3. The summed E-state index contributed by atoms with van der Waals surface area (Å²) in [6.07, 6.45) is 2.72. The van der Waals surface area contributed by atoms with Crippen molar-refractivity contribution >= 4 is 5.91 Å². The molecule has 0 N–H and O–H groups in total. The maximum absolute atomic E-state index is 12.5. The lowest BCUT2D eigenvalue weighted by molar-refractivity contribution is -0.135. The lowest BCUT2D eigenvalue weighted by Crippen LogP contribution is -2.51. The third-order valence-electron chi connectivity index (χ3n) is 5.53. The Hall–Kier alpha value is -2.37. The van der Waals surface area contributed by atoms with Gasteiger partial charge in [0.25, 0.3) is 5.91 Å². The second-order valence-corrected chi connectivity index (χ2v) is 7.50. The first-order valence-electron chi connectivity index (χ1n) is 10.2. The summed E-state index contributed by atoms with van der Waals surface area (Å²) in [5.74, 6) is 0.786. The van der Waals surface area contributed by atoms with Crippen LogP contribution >= 0.6 is 0 Å². The van der Waals surface area contributed by atoms with Gasteiger partial charge in [-0.2, -0.15) is 0 Å². The fourth-order valence-electron chi connectivity index (χ4n) is 3.87. The van der Waals surface area contributed by atoms with Crippen LogP contribution in [0.5, 0.6) is 5.75 Å². The van der Waals surface area contributed by atoms with E-state index in [9.17, 15) is 4.79 Å². The van der Waals surface area contributed by atoms with E-state index in [1.807, 2.05) is 47.4 Å². The van der Waals surface area contributed by atoms with Gasteiger partial charge in [-0.1, -0.05) is 42.5 Å². The summed E-state index contributed by atoms with van der Waals surface area (Å²) < 4.78 is 11.4. The minimum Gasteiger partial charge on any atom is -0.484 e. The molecule has 2 aromatic carbocycles. The molecule has 28 heavy (non-hydrogen) atoms. The van der Waals surface area contributed by atoms with E-state index in [0.717, 1.165) is 57.1 Å². The monoisotopic (exact) mass is 380 g/mol. The fraction of sp³-hybridized carbons (Fsp3) is 0.435. The molecule has 0 radical (unpaired) electrons. The molecule has 0 spiro atoms. The van der Waals surface area contributed by atoms with Gasteiger partial charge in [0.1, 0.15) is 5.75 Å². The zero-order chi connectivity index (χ0) is 19.2. The van der Waals surface area contributed by atoms with Gasteiger partial charge in [-0.15, -0.1) is 0 Å². The van der Waals surface area contributed by atoms with Crippen LogP contribution in [0, 0.1) is 0 Å². The molecule has 5 nitrogen and oxygen atoms in total. The predicted octanol–water partition coefficient (Wildman–Crippen LogP) is 3.06. The highest BCUT2D eigenvalue weighted by Gasteiger charge is 2.25. The van der Waals surface area contributed by atoms with Crippen LogP contribution in [0.2, 0.25) is 0 Å². The summed E-state index contributed by atoms with van der Waals surface area (Å²) in [7, 11) is 0. The van der Waals surface area contributed by atoms with Crippen molar-refractivity contribution in [3.05, 3.63) is 54.6 Å². The number of rotatable bonds is 6. The molecule has 0 aliphatic carbocycles. The Morgan fingerprint density at radius 1 is 0.964 bits per heavy atom. The molecule has 2 aliphatic rings. The van der Waals surface area contributed by atoms with Crippen LogP contribution < -0.4 is 4.74 Å². The Morgan fingerprint density at radius 2 is 1.68 bits per heavy atom. The van der Waals surface area contributed by atoms with Crippen molar-refractivity contribution in [2.45, 2.75) is 18.9 Å². The molecule has 4 rings (SSSR count). The molecule has 2 aromatic rings. The van der Waals surface area contributed by atoms with Crippen LogP contribution in [0.1, 0.15) is 12.8 Å². The Morgan fingerprint density at radius 3 is 2.36 bits per heavy atom. The Bertz CT molecular complexity index is 749. The number of amides is 1. The summed E-state index contributed by atoms with van der Waals surface area (Å²) in [6, 6.07) is 18.1. The summed E-state index contributed by atoms with van der Waals surface area (Å²) >= 11 is 0. The van der Waals surface area contributed by atoms with Gasteiger partial charge >= 0.3 is 0 Å². The Kier molecular flexibility index (Phi) is 6.24. The number of carbonyl (C=O) groups excluding carboxylic acids is 1. The quantitative estimate of drug-likeness (QED) is 0.773. The van der Waals surface area contributed by atoms with E-state index in [0.29, 0.717) is 6.10 Å². The van der Waals surface area contributed by atoms with E-state index in [4.69, 9.17) is 9.47 Å². The second-order valence-electron chi connectivity index (χ2n) is 7.50. The number of ether oxygens (including phenoxy) is 2. The molecule has 2 heterocycles. The first kappa shape index (κ1) is 19.0. The van der Waals surface area contributed by atoms with E-state index < -0.39 is 0 Å². The predicted molar refractivity (Wildman–Crippen MR) is 109 cm³/mol. The number of piperazine rings is 1. The summed E-state index contributed by atoms with van der Waals surface area (Å²) in [5, 5.41) is 0. The number of carbonyl (C=O) groups is 1. The van der Waals surface area contributed by atoms with Crippen molar-refractivity contribution in [2.24, 2.45) is 0 Å². The third-order valence-corrected chi connectivity index (χ3v) is 5.53. The minimum absolute atomic E-state index is 0.0592. The van der Waals surface area contributed by atoms with Gasteiger partial charge in [-0.25, -0.2) is 0 Å². The van der Waals surface area contributed by atoms with Crippen LogP contribution in [-0.4, -0.2) is 67.7 Å². The van der Waals surface area contributed by atoms with E-state index in [2.05, 4.69) is 17.0 Å². The molecule has 1 amide bonds. The number of hydrogen-bond acceptors (Lipinski definition) is 4. The van der Waals surface area contributed by atoms with Gasteiger partial charge in [0.15, 0.2) is 6.61 Å². The first-order valence-corrected chi connectivity index (χ1v) is 10.2. The normalized spacial score (nSPS) is 20.3. The Balaban J connectivity index is 1.21. The molecule has 0 aromatic heterocycles. The van der Waals surface area contributed by atoms with Crippen molar-refractivity contribution in [1.82, 2.24) is 9.80 Å². The smallest absolute Gasteiger partial charge is 0.260 e. The van der Waals surface area contributed by atoms with Crippen molar-refractivity contribution in [3.63, 3.8) is 0 Å². The highest BCUT2D eigenvalue weighted by Crippen LogP contribution is 2.22. The SMILES string of the molecule is O=C(COc1ccc(-c2ccccc2)cc1)N1CCN(CC2CCCO2)CC1. The average Bonchev–Trinajstić information content (AvgIpc) is 3.27. The van der Waals surface area contributed by atoms with Gasteiger partial charge in [0, 0.05) is 39.3 Å². The lowest BCUT2D eigenvalue weighted by atomic mass is 10.1. The van der Waals surface area contributed by atoms with Gasteiger partial charge in [0.2, 0.25) is 0 Å². The molecule has 5 heteroatoms. The highest BCUT2D eigenvalue weighted by molar-refractivity contribution is 5.78. The molecule has 0 bridgehead atoms. The highest BCUT2D eigenvalue weighted by atomic mass is 16.5. The maximum Gasteiger partial charge on any atom is 0.260 e. The second kappa shape index (κ2) is 9.22. The maximum atomic E-state index is 12.5. The van der Waals surface area contributed by atoms with Crippen LogP contribution in [0.25, 0.3) is 11.1 Å². The largest absolute Gasteiger partial charge is 0.484 e. The van der Waals surface area contributed by atoms with Crippen molar-refractivity contribution in [1.29, 1.82) is 0 Å². The lowest BCUT2D eigenvalue weighted by Gasteiger charge is -2.35. The van der Waals surface area contributed by atoms with Crippen LogP contribution in [-0.2, 0) is 9.53 Å².